The number of non-ortho nitro benzene ring substituents is 2. The molecule has 0 saturated carbocycles. The third-order valence-corrected chi connectivity index (χ3v) is 4.37. The van der Waals surface area contributed by atoms with Gasteiger partial charge in [-0.1, -0.05) is 0 Å². The normalized spacial score (nSPS) is 10.2. The molecule has 4 N–H and O–H groups in total. The van der Waals surface area contributed by atoms with E-state index in [9.17, 15) is 29.8 Å². The van der Waals surface area contributed by atoms with Gasteiger partial charge in [-0.05, 0) is 24.3 Å². The van der Waals surface area contributed by atoms with E-state index in [1.807, 2.05) is 0 Å². The maximum atomic E-state index is 10.5. The summed E-state index contributed by atoms with van der Waals surface area (Å²) in [6.45, 7) is 0. The molecule has 0 aliphatic carbocycles. The number of carboxylic acids is 2. The van der Waals surface area contributed by atoms with Crippen LogP contribution in [0.15, 0.2) is 48.5 Å². The Hall–Kier alpha value is -5.54. The van der Waals surface area contributed by atoms with Crippen LogP contribution in [0.5, 0.6) is 0 Å². The predicted octanol–water partition coefficient (Wildman–Crippen LogP) is 2.01. The first-order valence-electron chi connectivity index (χ1n) is 9.88. The summed E-state index contributed by atoms with van der Waals surface area (Å²) >= 11 is 0. The minimum absolute atomic E-state index is 0.0277. The fourth-order valence-corrected chi connectivity index (χ4v) is 2.76. The number of rotatable bonds is 8. The lowest BCUT2D eigenvalue weighted by molar-refractivity contribution is -0.385. The molecule has 0 bridgehead atoms. The fourth-order valence-electron chi connectivity index (χ4n) is 2.76. The van der Waals surface area contributed by atoms with Gasteiger partial charge in [0.1, 0.15) is 24.5 Å². The monoisotopic (exact) mass is 496 g/mol. The Kier molecular flexibility index (Phi) is 7.70. The number of nitrogens with zero attached hydrogens (tertiary/aromatic N) is 6. The molecule has 2 aromatic heterocycles. The van der Waals surface area contributed by atoms with E-state index in [0.717, 1.165) is 0 Å². The minimum atomic E-state index is -1.01. The Morgan fingerprint density at radius 1 is 0.694 bits per heavy atom. The predicted molar refractivity (Wildman–Crippen MR) is 120 cm³/mol. The molecular weight excluding hydrogens is 480 g/mol. The van der Waals surface area contributed by atoms with E-state index in [1.165, 1.54) is 48.5 Å². The molecule has 0 aliphatic heterocycles. The molecule has 2 aromatic carbocycles. The molecule has 2 heterocycles. The molecule has 0 aliphatic rings. The zero-order valence-electron chi connectivity index (χ0n) is 18.1. The number of hydrogen-bond donors (Lipinski definition) is 4. The van der Waals surface area contributed by atoms with Crippen LogP contribution < -0.4 is 0 Å². The molecule has 184 valence electrons. The summed E-state index contributed by atoms with van der Waals surface area (Å²) in [5.74, 6) is -0.947. The van der Waals surface area contributed by atoms with E-state index in [-0.39, 0.29) is 35.9 Å². The van der Waals surface area contributed by atoms with Crippen LogP contribution in [0.2, 0.25) is 0 Å². The van der Waals surface area contributed by atoms with E-state index in [4.69, 9.17) is 10.2 Å². The summed E-state index contributed by atoms with van der Waals surface area (Å²) < 4.78 is 0. The second-order valence-corrected chi connectivity index (χ2v) is 6.96. The highest BCUT2D eigenvalue weighted by molar-refractivity contribution is 5.69. The SMILES string of the molecule is O=C(O)Cc1nc(-c2ccc([N+](=O)[O-])cc2)n[nH]1.O=C(O)Cc1nc(-c2ccc([N+](=O)[O-])cc2)n[nH]1. The Morgan fingerprint density at radius 2 is 1.03 bits per heavy atom. The van der Waals surface area contributed by atoms with Gasteiger partial charge in [0.15, 0.2) is 11.6 Å². The van der Waals surface area contributed by atoms with E-state index in [0.29, 0.717) is 22.8 Å². The number of nitro benzene ring substituents is 2. The number of benzene rings is 2. The van der Waals surface area contributed by atoms with Gasteiger partial charge in [-0.2, -0.15) is 10.2 Å². The summed E-state index contributed by atoms with van der Waals surface area (Å²) in [4.78, 5) is 48.8. The Balaban J connectivity index is 0.000000201. The summed E-state index contributed by atoms with van der Waals surface area (Å²) in [7, 11) is 0. The van der Waals surface area contributed by atoms with Gasteiger partial charge in [0.2, 0.25) is 0 Å². The lowest BCUT2D eigenvalue weighted by Crippen LogP contribution is -2.01. The van der Waals surface area contributed by atoms with Crippen LogP contribution >= 0.6 is 0 Å². The zero-order chi connectivity index (χ0) is 26.2. The molecule has 4 aromatic rings. The third kappa shape index (κ3) is 6.73. The molecule has 0 atom stereocenters. The Morgan fingerprint density at radius 3 is 1.31 bits per heavy atom. The molecule has 0 amide bonds. The second kappa shape index (κ2) is 11.1. The number of nitro groups is 2. The maximum absolute atomic E-state index is 10.5. The van der Waals surface area contributed by atoms with Crippen molar-refractivity contribution in [3.05, 3.63) is 80.4 Å². The highest BCUT2D eigenvalue weighted by Crippen LogP contribution is 2.20. The number of H-pyrrole nitrogens is 2. The van der Waals surface area contributed by atoms with E-state index < -0.39 is 21.8 Å². The van der Waals surface area contributed by atoms with E-state index in [2.05, 4.69) is 30.4 Å². The molecular formula is C20H16N8O8. The lowest BCUT2D eigenvalue weighted by Gasteiger charge is -1.94. The van der Waals surface area contributed by atoms with Crippen molar-refractivity contribution in [3.8, 4) is 22.8 Å². The van der Waals surface area contributed by atoms with Crippen molar-refractivity contribution in [2.75, 3.05) is 0 Å². The fraction of sp³-hybridized carbons (Fsp3) is 0.100. The van der Waals surface area contributed by atoms with Crippen LogP contribution in [-0.2, 0) is 22.4 Å². The Bertz CT molecular complexity index is 1290. The average molecular weight is 496 g/mol. The average Bonchev–Trinajstić information content (AvgIpc) is 3.49. The van der Waals surface area contributed by atoms with Crippen LogP contribution in [-0.4, -0.2) is 62.4 Å². The minimum Gasteiger partial charge on any atom is -0.481 e. The quantitative estimate of drug-likeness (QED) is 0.202. The molecule has 36 heavy (non-hydrogen) atoms. The van der Waals surface area contributed by atoms with E-state index >= 15 is 0 Å². The first-order valence-corrected chi connectivity index (χ1v) is 9.88. The second-order valence-electron chi connectivity index (χ2n) is 6.96. The lowest BCUT2D eigenvalue weighted by atomic mass is 10.2. The summed E-state index contributed by atoms with van der Waals surface area (Å²) in [6, 6.07) is 11.4. The highest BCUT2D eigenvalue weighted by atomic mass is 16.6. The molecule has 16 heteroatoms. The standard InChI is InChI=1S/2C10H8N4O4/c2*15-9(16)5-8-11-10(13-12-8)6-1-3-7(4-2-6)14(17)18/h2*1-4H,5H2,(H,15,16)(H,11,12,13). The van der Waals surface area contributed by atoms with Crippen LogP contribution in [0.1, 0.15) is 11.6 Å². The molecule has 0 spiro atoms. The van der Waals surface area contributed by atoms with Crippen molar-refractivity contribution < 1.29 is 29.6 Å². The molecule has 0 unspecified atom stereocenters. The maximum Gasteiger partial charge on any atom is 0.311 e. The number of nitrogens with one attached hydrogen (secondary N) is 2. The first-order chi connectivity index (χ1) is 17.1. The van der Waals surface area contributed by atoms with Crippen LogP contribution in [0.3, 0.4) is 0 Å². The van der Waals surface area contributed by atoms with Gasteiger partial charge in [0.05, 0.1) is 9.85 Å². The molecule has 16 nitrogen and oxygen atoms in total. The van der Waals surface area contributed by atoms with Crippen molar-refractivity contribution in [3.63, 3.8) is 0 Å². The summed E-state index contributed by atoms with van der Waals surface area (Å²) in [6.07, 6.45) is -0.500. The van der Waals surface area contributed by atoms with Crippen LogP contribution in [0.4, 0.5) is 11.4 Å². The van der Waals surface area contributed by atoms with Crippen molar-refractivity contribution in [1.82, 2.24) is 30.4 Å². The number of hydrogen-bond acceptors (Lipinski definition) is 10. The van der Waals surface area contributed by atoms with Crippen molar-refractivity contribution in [2.45, 2.75) is 12.8 Å². The topological polar surface area (TPSA) is 244 Å². The largest absolute Gasteiger partial charge is 0.481 e. The number of carboxylic acid groups (broad SMARTS) is 2. The van der Waals surface area contributed by atoms with Gasteiger partial charge in [0.25, 0.3) is 11.4 Å². The smallest absolute Gasteiger partial charge is 0.311 e. The number of carbonyl (C=O) groups is 2. The number of aliphatic carboxylic acids is 2. The van der Waals surface area contributed by atoms with Gasteiger partial charge >= 0.3 is 11.9 Å². The van der Waals surface area contributed by atoms with E-state index in [1.54, 1.807) is 0 Å². The number of aromatic amines is 2. The molecule has 4 rings (SSSR count). The van der Waals surface area contributed by atoms with Crippen molar-refractivity contribution >= 4 is 23.3 Å². The third-order valence-electron chi connectivity index (χ3n) is 4.37. The van der Waals surface area contributed by atoms with Crippen molar-refractivity contribution in [1.29, 1.82) is 0 Å². The molecule has 0 fully saturated rings. The Labute approximate surface area is 200 Å². The zero-order valence-corrected chi connectivity index (χ0v) is 18.1. The van der Waals surface area contributed by atoms with Crippen LogP contribution in [0, 0.1) is 20.2 Å². The highest BCUT2D eigenvalue weighted by Gasteiger charge is 2.12. The van der Waals surface area contributed by atoms with Gasteiger partial charge in [-0.15, -0.1) is 0 Å². The van der Waals surface area contributed by atoms with Crippen molar-refractivity contribution in [2.24, 2.45) is 0 Å². The molecule has 0 saturated heterocycles. The van der Waals surface area contributed by atoms with Crippen LogP contribution in [0.25, 0.3) is 22.8 Å². The summed E-state index contributed by atoms with van der Waals surface area (Å²) in [5.41, 5.74) is 1.10. The van der Waals surface area contributed by atoms with Gasteiger partial charge in [-0.25, -0.2) is 9.97 Å². The van der Waals surface area contributed by atoms with Gasteiger partial charge < -0.3 is 10.2 Å². The number of aromatic nitrogens is 6. The summed E-state index contributed by atoms with van der Waals surface area (Å²) in [5, 5.41) is 50.8. The molecule has 0 radical (unpaired) electrons. The first kappa shape index (κ1) is 25.1. The van der Waals surface area contributed by atoms with Gasteiger partial charge in [0, 0.05) is 35.4 Å². The van der Waals surface area contributed by atoms with Gasteiger partial charge in [-0.3, -0.25) is 40.0 Å².